The number of carbonyl (C=O) groups is 2. The van der Waals surface area contributed by atoms with Gasteiger partial charge in [-0.2, -0.15) is 0 Å². The molecule has 0 saturated heterocycles. The van der Waals surface area contributed by atoms with E-state index in [4.69, 9.17) is 5.11 Å². The second kappa shape index (κ2) is 6.29. The molecular weight excluding hydrogens is 332 g/mol. The monoisotopic (exact) mass is 346 g/mol. The summed E-state index contributed by atoms with van der Waals surface area (Å²) in [6.45, 7) is 0.323. The number of anilines is 1. The highest BCUT2D eigenvalue weighted by Crippen LogP contribution is 2.31. The Kier molecular flexibility index (Phi) is 3.81. The Morgan fingerprint density at radius 3 is 2.77 bits per heavy atom. The van der Waals surface area contributed by atoms with E-state index in [-0.39, 0.29) is 11.5 Å². The van der Waals surface area contributed by atoms with Gasteiger partial charge >= 0.3 is 5.97 Å². The zero-order valence-corrected chi connectivity index (χ0v) is 13.6. The Bertz CT molecular complexity index is 1020. The Morgan fingerprint density at radius 1 is 1.15 bits per heavy atom. The van der Waals surface area contributed by atoms with Crippen molar-refractivity contribution in [1.82, 2.24) is 9.55 Å². The normalized spacial score (nSPS) is 14.7. The van der Waals surface area contributed by atoms with Crippen LogP contribution in [0.1, 0.15) is 15.9 Å². The van der Waals surface area contributed by atoms with Gasteiger partial charge in [0, 0.05) is 18.0 Å². The summed E-state index contributed by atoms with van der Waals surface area (Å²) in [6, 6.07) is 13.6. The summed E-state index contributed by atoms with van der Waals surface area (Å²) in [5, 5.41) is 9.13. The molecule has 1 aliphatic rings. The van der Waals surface area contributed by atoms with E-state index < -0.39 is 5.97 Å². The van der Waals surface area contributed by atoms with Crippen LogP contribution in [0, 0.1) is 0 Å². The molecule has 0 saturated carbocycles. The third-order valence-corrected chi connectivity index (χ3v) is 4.10. The summed E-state index contributed by atoms with van der Waals surface area (Å²) < 4.78 is 1.79. The predicted octanol–water partition coefficient (Wildman–Crippen LogP) is 2.71. The van der Waals surface area contributed by atoms with Crippen LogP contribution in [-0.4, -0.2) is 32.2 Å². The molecule has 1 aromatic heterocycles. The molecule has 0 bridgehead atoms. The fourth-order valence-electron chi connectivity index (χ4n) is 2.88. The maximum absolute atomic E-state index is 13.0. The topological polar surface area (TPSA) is 87.8 Å². The first-order valence-electron chi connectivity index (χ1n) is 7.92. The fourth-order valence-corrected chi connectivity index (χ4v) is 2.88. The van der Waals surface area contributed by atoms with Crippen molar-refractivity contribution in [2.24, 2.45) is 4.99 Å². The van der Waals surface area contributed by atoms with E-state index in [9.17, 15) is 9.59 Å². The first kappa shape index (κ1) is 15.8. The fraction of sp³-hybridized carbons (Fsp3) is 0.0526. The number of rotatable bonds is 4. The molecule has 26 heavy (non-hydrogen) atoms. The largest absolute Gasteiger partial charge is 0.478 e. The number of carbonyl (C=O) groups excluding carboxylic acids is 1. The molecule has 0 unspecified atom stereocenters. The Morgan fingerprint density at radius 2 is 2.00 bits per heavy atom. The van der Waals surface area contributed by atoms with E-state index in [2.05, 4.69) is 9.98 Å². The van der Waals surface area contributed by atoms with Gasteiger partial charge in [0.1, 0.15) is 12.4 Å². The number of hydrogen-bond donors (Lipinski definition) is 1. The lowest BCUT2D eigenvalue weighted by Gasteiger charge is -2.17. The molecule has 7 nitrogen and oxygen atoms in total. The average molecular weight is 346 g/mol. The lowest BCUT2D eigenvalue weighted by molar-refractivity contribution is -0.112. The number of aliphatic imine (C=N–C) groups is 1. The van der Waals surface area contributed by atoms with Crippen molar-refractivity contribution in [2.45, 2.75) is 6.67 Å². The molecule has 4 rings (SSSR count). The third-order valence-electron chi connectivity index (χ3n) is 4.10. The van der Waals surface area contributed by atoms with Crippen LogP contribution >= 0.6 is 0 Å². The third kappa shape index (κ3) is 2.75. The SMILES string of the molecule is O=C(O)c1cccc(/N=C2\C(=O)N(Cn3ccnc3)c3ccccc32)c1. The van der Waals surface area contributed by atoms with Gasteiger partial charge in [-0.15, -0.1) is 0 Å². The second-order valence-electron chi connectivity index (χ2n) is 5.78. The van der Waals surface area contributed by atoms with Crippen LogP contribution < -0.4 is 4.90 Å². The summed E-state index contributed by atoms with van der Waals surface area (Å²) in [7, 11) is 0. The molecule has 2 heterocycles. The smallest absolute Gasteiger partial charge is 0.335 e. The van der Waals surface area contributed by atoms with Gasteiger partial charge in [0.2, 0.25) is 0 Å². The molecule has 0 aliphatic carbocycles. The van der Waals surface area contributed by atoms with Gasteiger partial charge in [-0.25, -0.2) is 14.8 Å². The number of aromatic nitrogens is 2. The number of nitrogens with zero attached hydrogens (tertiary/aromatic N) is 4. The Labute approximate surface area is 148 Å². The molecule has 1 N–H and O–H groups in total. The van der Waals surface area contributed by atoms with Gasteiger partial charge in [-0.1, -0.05) is 24.3 Å². The van der Waals surface area contributed by atoms with Gasteiger partial charge in [0.05, 0.1) is 23.3 Å². The van der Waals surface area contributed by atoms with E-state index in [0.717, 1.165) is 11.3 Å². The maximum atomic E-state index is 13.0. The van der Waals surface area contributed by atoms with Crippen molar-refractivity contribution < 1.29 is 14.7 Å². The number of amides is 1. The van der Waals surface area contributed by atoms with Crippen LogP contribution in [0.2, 0.25) is 0 Å². The van der Waals surface area contributed by atoms with Gasteiger partial charge < -0.3 is 9.67 Å². The lowest BCUT2D eigenvalue weighted by atomic mass is 10.1. The van der Waals surface area contributed by atoms with Crippen LogP contribution in [0.25, 0.3) is 0 Å². The Hall–Kier alpha value is -3.74. The molecule has 3 aromatic rings. The number of fused-ring (bicyclic) bond motifs is 1. The number of hydrogen-bond acceptors (Lipinski definition) is 4. The van der Waals surface area contributed by atoms with Gasteiger partial charge in [0.25, 0.3) is 5.91 Å². The zero-order valence-electron chi connectivity index (χ0n) is 13.6. The second-order valence-corrected chi connectivity index (χ2v) is 5.78. The minimum Gasteiger partial charge on any atom is -0.478 e. The highest BCUT2D eigenvalue weighted by Gasteiger charge is 2.33. The van der Waals surface area contributed by atoms with Crippen LogP contribution in [0.3, 0.4) is 0 Å². The summed E-state index contributed by atoms with van der Waals surface area (Å²) in [6.07, 6.45) is 5.07. The number of carboxylic acids is 1. The van der Waals surface area contributed by atoms with Gasteiger partial charge in [0.15, 0.2) is 0 Å². The van der Waals surface area contributed by atoms with E-state index in [1.165, 1.54) is 12.1 Å². The van der Waals surface area contributed by atoms with Crippen molar-refractivity contribution >= 4 is 29.0 Å². The summed E-state index contributed by atoms with van der Waals surface area (Å²) >= 11 is 0. The molecule has 0 fully saturated rings. The average Bonchev–Trinajstić information content (AvgIpc) is 3.25. The van der Waals surface area contributed by atoms with E-state index >= 15 is 0 Å². The lowest BCUT2D eigenvalue weighted by Crippen LogP contribution is -2.31. The summed E-state index contributed by atoms with van der Waals surface area (Å²) in [5.41, 5.74) is 2.33. The molecule has 1 aliphatic heterocycles. The van der Waals surface area contributed by atoms with Crippen molar-refractivity contribution in [3.63, 3.8) is 0 Å². The standard InChI is InChI=1S/C19H14N4O3/c24-18-17(21-14-5-3-4-13(10-14)19(25)26)15-6-1-2-7-16(15)23(18)12-22-9-8-20-11-22/h1-11H,12H2,(H,25,26)/b21-17-. The molecule has 7 heteroatoms. The molecular formula is C19H14N4O3. The highest BCUT2D eigenvalue weighted by atomic mass is 16.4. The quantitative estimate of drug-likeness (QED) is 0.787. The highest BCUT2D eigenvalue weighted by molar-refractivity contribution is 6.54. The van der Waals surface area contributed by atoms with Crippen LogP contribution in [0.4, 0.5) is 11.4 Å². The number of carboxylic acid groups (broad SMARTS) is 1. The van der Waals surface area contributed by atoms with E-state index in [0.29, 0.717) is 18.1 Å². The molecule has 128 valence electrons. The van der Waals surface area contributed by atoms with Gasteiger partial charge in [-0.3, -0.25) is 9.69 Å². The Balaban J connectivity index is 1.76. The zero-order chi connectivity index (χ0) is 18.1. The van der Waals surface area contributed by atoms with Crippen molar-refractivity contribution in [1.29, 1.82) is 0 Å². The minimum atomic E-state index is -1.04. The van der Waals surface area contributed by atoms with Crippen molar-refractivity contribution in [3.8, 4) is 0 Å². The van der Waals surface area contributed by atoms with Crippen LogP contribution in [0.5, 0.6) is 0 Å². The van der Waals surface area contributed by atoms with E-state index in [1.54, 1.807) is 40.3 Å². The van der Waals surface area contributed by atoms with Crippen LogP contribution in [0.15, 0.2) is 72.2 Å². The summed E-state index contributed by atoms with van der Waals surface area (Å²) in [4.78, 5) is 34.2. The number of benzene rings is 2. The summed E-state index contributed by atoms with van der Waals surface area (Å²) in [5.74, 6) is -1.27. The number of para-hydroxylation sites is 1. The minimum absolute atomic E-state index is 0.126. The number of aromatic carboxylic acids is 1. The van der Waals surface area contributed by atoms with Crippen molar-refractivity contribution in [3.05, 3.63) is 78.4 Å². The molecule has 0 radical (unpaired) electrons. The predicted molar refractivity (Wildman–Crippen MR) is 95.8 cm³/mol. The first-order chi connectivity index (χ1) is 12.6. The van der Waals surface area contributed by atoms with Gasteiger partial charge in [-0.05, 0) is 24.3 Å². The van der Waals surface area contributed by atoms with E-state index in [1.807, 2.05) is 24.3 Å². The first-order valence-corrected chi connectivity index (χ1v) is 7.92. The van der Waals surface area contributed by atoms with Crippen LogP contribution in [-0.2, 0) is 11.5 Å². The van der Waals surface area contributed by atoms with Crippen molar-refractivity contribution in [2.75, 3.05) is 4.90 Å². The number of imidazole rings is 1. The molecule has 0 atom stereocenters. The maximum Gasteiger partial charge on any atom is 0.335 e. The molecule has 2 aromatic carbocycles. The molecule has 1 amide bonds. The molecule has 0 spiro atoms.